The van der Waals surface area contributed by atoms with Gasteiger partial charge in [-0.25, -0.2) is 4.39 Å². The lowest BCUT2D eigenvalue weighted by atomic mass is 9.94. The molecular formula is C20H27FN4O. The molecule has 3 rings (SSSR count). The highest BCUT2D eigenvalue weighted by Crippen LogP contribution is 2.29. The molecule has 1 heterocycles. The third-order valence-electron chi connectivity index (χ3n) is 5.13. The number of rotatable bonds is 5. The van der Waals surface area contributed by atoms with E-state index in [1.54, 1.807) is 16.8 Å². The van der Waals surface area contributed by atoms with E-state index in [4.69, 9.17) is 0 Å². The number of aromatic nitrogens is 2. The molecule has 1 aliphatic rings. The van der Waals surface area contributed by atoms with E-state index in [9.17, 15) is 9.18 Å². The van der Waals surface area contributed by atoms with E-state index < -0.39 is 0 Å². The van der Waals surface area contributed by atoms with Crippen molar-refractivity contribution in [1.29, 1.82) is 0 Å². The summed E-state index contributed by atoms with van der Waals surface area (Å²) in [5.41, 5.74) is 2.85. The minimum absolute atomic E-state index is 0.116. The van der Waals surface area contributed by atoms with Crippen molar-refractivity contribution in [2.24, 2.45) is 0 Å². The Morgan fingerprint density at radius 3 is 2.62 bits per heavy atom. The molecule has 1 aliphatic carbocycles. The van der Waals surface area contributed by atoms with Crippen LogP contribution in [0.25, 0.3) is 0 Å². The SMILES string of the molecule is Cc1cc(C)n(CC(=O)Nc2ccc(N(C)C3CCCCC3)c(F)c2)n1. The molecule has 0 aliphatic heterocycles. The Bertz CT molecular complexity index is 780. The number of hydrogen-bond donors (Lipinski definition) is 1. The van der Waals surface area contributed by atoms with Gasteiger partial charge in [-0.2, -0.15) is 5.10 Å². The second-order valence-electron chi connectivity index (χ2n) is 7.20. The average Bonchev–Trinajstić information content (AvgIpc) is 2.92. The summed E-state index contributed by atoms with van der Waals surface area (Å²) in [5, 5.41) is 7.03. The Hall–Kier alpha value is -2.37. The summed E-state index contributed by atoms with van der Waals surface area (Å²) < 4.78 is 16.2. The highest BCUT2D eigenvalue weighted by molar-refractivity contribution is 5.90. The van der Waals surface area contributed by atoms with Crippen LogP contribution in [0.1, 0.15) is 43.5 Å². The number of benzene rings is 1. The van der Waals surface area contributed by atoms with E-state index in [0.717, 1.165) is 24.2 Å². The van der Waals surface area contributed by atoms with Gasteiger partial charge in [-0.15, -0.1) is 0 Å². The molecule has 140 valence electrons. The maximum absolute atomic E-state index is 14.6. The minimum atomic E-state index is -0.304. The Balaban J connectivity index is 1.65. The number of amides is 1. The molecule has 0 saturated heterocycles. The molecule has 26 heavy (non-hydrogen) atoms. The molecule has 1 aromatic heterocycles. The number of anilines is 2. The Morgan fingerprint density at radius 1 is 1.27 bits per heavy atom. The standard InChI is InChI=1S/C20H27FN4O/c1-14-11-15(2)25(23-14)13-20(26)22-16-9-10-19(18(21)12-16)24(3)17-7-5-4-6-8-17/h9-12,17H,4-8,13H2,1-3H3,(H,22,26). The minimum Gasteiger partial charge on any atom is -0.369 e. The summed E-state index contributed by atoms with van der Waals surface area (Å²) in [6, 6.07) is 7.22. The van der Waals surface area contributed by atoms with Crippen LogP contribution in [0.15, 0.2) is 24.3 Å². The quantitative estimate of drug-likeness (QED) is 0.877. The molecule has 1 saturated carbocycles. The van der Waals surface area contributed by atoms with Gasteiger partial charge in [0.15, 0.2) is 0 Å². The lowest BCUT2D eigenvalue weighted by Crippen LogP contribution is -2.33. The second kappa shape index (κ2) is 7.89. The molecule has 5 nitrogen and oxygen atoms in total. The number of carbonyl (C=O) groups is 1. The molecule has 0 spiro atoms. The van der Waals surface area contributed by atoms with E-state index in [-0.39, 0.29) is 18.3 Å². The normalized spacial score (nSPS) is 15.1. The average molecular weight is 358 g/mol. The van der Waals surface area contributed by atoms with Crippen molar-refractivity contribution >= 4 is 17.3 Å². The van der Waals surface area contributed by atoms with Crippen LogP contribution in [0.4, 0.5) is 15.8 Å². The third-order valence-corrected chi connectivity index (χ3v) is 5.13. The van der Waals surface area contributed by atoms with Crippen LogP contribution in [0.5, 0.6) is 0 Å². The molecule has 1 amide bonds. The van der Waals surface area contributed by atoms with Crippen molar-refractivity contribution in [2.75, 3.05) is 17.3 Å². The molecule has 1 fully saturated rings. The summed E-state index contributed by atoms with van der Waals surface area (Å²) >= 11 is 0. The van der Waals surface area contributed by atoms with Gasteiger partial charge in [0, 0.05) is 24.5 Å². The maximum atomic E-state index is 14.6. The van der Waals surface area contributed by atoms with Crippen LogP contribution >= 0.6 is 0 Å². The molecular weight excluding hydrogens is 331 g/mol. The van der Waals surface area contributed by atoms with Gasteiger partial charge >= 0.3 is 0 Å². The fraction of sp³-hybridized carbons (Fsp3) is 0.500. The van der Waals surface area contributed by atoms with Crippen LogP contribution in [-0.2, 0) is 11.3 Å². The van der Waals surface area contributed by atoms with E-state index in [0.29, 0.717) is 17.4 Å². The van der Waals surface area contributed by atoms with Crippen LogP contribution < -0.4 is 10.2 Å². The topological polar surface area (TPSA) is 50.2 Å². The number of aryl methyl sites for hydroxylation is 2. The molecule has 0 radical (unpaired) electrons. The molecule has 1 aromatic carbocycles. The van der Waals surface area contributed by atoms with Crippen molar-refractivity contribution in [1.82, 2.24) is 9.78 Å². The molecule has 0 unspecified atom stereocenters. The van der Waals surface area contributed by atoms with Crippen molar-refractivity contribution in [2.45, 2.75) is 58.5 Å². The van der Waals surface area contributed by atoms with Gasteiger partial charge in [-0.05, 0) is 51.0 Å². The van der Waals surface area contributed by atoms with Crippen molar-refractivity contribution in [3.05, 3.63) is 41.5 Å². The number of hydrogen-bond acceptors (Lipinski definition) is 3. The maximum Gasteiger partial charge on any atom is 0.246 e. The zero-order valence-electron chi connectivity index (χ0n) is 15.8. The monoisotopic (exact) mass is 358 g/mol. The van der Waals surface area contributed by atoms with Gasteiger partial charge in [-0.3, -0.25) is 9.48 Å². The molecule has 0 atom stereocenters. The molecule has 0 bridgehead atoms. The van der Waals surface area contributed by atoms with Crippen molar-refractivity contribution in [3.8, 4) is 0 Å². The second-order valence-corrected chi connectivity index (χ2v) is 7.20. The van der Waals surface area contributed by atoms with Crippen molar-refractivity contribution in [3.63, 3.8) is 0 Å². The van der Waals surface area contributed by atoms with Crippen LogP contribution in [0, 0.1) is 19.7 Å². The van der Waals surface area contributed by atoms with Crippen LogP contribution in [0.3, 0.4) is 0 Å². The van der Waals surface area contributed by atoms with Gasteiger partial charge in [0.05, 0.1) is 11.4 Å². The van der Waals surface area contributed by atoms with Crippen molar-refractivity contribution < 1.29 is 9.18 Å². The predicted octanol–water partition coefficient (Wildman–Crippen LogP) is 4.05. The first-order valence-corrected chi connectivity index (χ1v) is 9.27. The summed E-state index contributed by atoms with van der Waals surface area (Å²) in [7, 11) is 1.95. The van der Waals surface area contributed by atoms with Crippen LogP contribution in [0.2, 0.25) is 0 Å². The van der Waals surface area contributed by atoms with Gasteiger partial charge in [0.1, 0.15) is 12.4 Å². The zero-order valence-corrected chi connectivity index (χ0v) is 15.8. The fourth-order valence-electron chi connectivity index (χ4n) is 3.71. The number of halogens is 1. The Morgan fingerprint density at radius 2 is 2.00 bits per heavy atom. The van der Waals surface area contributed by atoms with E-state index in [2.05, 4.69) is 10.4 Å². The zero-order chi connectivity index (χ0) is 18.7. The highest BCUT2D eigenvalue weighted by atomic mass is 19.1. The summed E-state index contributed by atoms with van der Waals surface area (Å²) in [4.78, 5) is 14.3. The molecule has 2 aromatic rings. The fourth-order valence-corrected chi connectivity index (χ4v) is 3.71. The lowest BCUT2D eigenvalue weighted by Gasteiger charge is -2.33. The Kier molecular flexibility index (Phi) is 5.59. The lowest BCUT2D eigenvalue weighted by molar-refractivity contribution is -0.116. The first-order valence-electron chi connectivity index (χ1n) is 9.27. The van der Waals surface area contributed by atoms with Gasteiger partial charge < -0.3 is 10.2 Å². The number of nitrogens with zero attached hydrogens (tertiary/aromatic N) is 3. The van der Waals surface area contributed by atoms with Gasteiger partial charge in [0.25, 0.3) is 0 Å². The smallest absolute Gasteiger partial charge is 0.246 e. The molecule has 6 heteroatoms. The molecule has 1 N–H and O–H groups in total. The number of nitrogens with one attached hydrogen (secondary N) is 1. The first-order chi connectivity index (χ1) is 12.4. The van der Waals surface area contributed by atoms with Crippen LogP contribution in [-0.4, -0.2) is 28.8 Å². The predicted molar refractivity (Wildman–Crippen MR) is 102 cm³/mol. The third kappa shape index (κ3) is 4.23. The first kappa shape index (κ1) is 18.4. The summed E-state index contributed by atoms with van der Waals surface area (Å²) in [5.74, 6) is -0.522. The Labute approximate surface area is 154 Å². The van der Waals surface area contributed by atoms with Gasteiger partial charge in [0.2, 0.25) is 5.91 Å². The van der Waals surface area contributed by atoms with E-state index in [1.807, 2.05) is 31.9 Å². The summed E-state index contributed by atoms with van der Waals surface area (Å²) in [6.45, 7) is 3.91. The number of carbonyl (C=O) groups excluding carboxylic acids is 1. The van der Waals surface area contributed by atoms with E-state index in [1.165, 1.54) is 25.3 Å². The summed E-state index contributed by atoms with van der Waals surface area (Å²) in [6.07, 6.45) is 5.90. The highest BCUT2D eigenvalue weighted by Gasteiger charge is 2.20. The van der Waals surface area contributed by atoms with Gasteiger partial charge in [-0.1, -0.05) is 19.3 Å². The largest absolute Gasteiger partial charge is 0.369 e. The van der Waals surface area contributed by atoms with E-state index >= 15 is 0 Å².